The number of anilines is 1. The maximum Gasteiger partial charge on any atom is 0.225 e. The van der Waals surface area contributed by atoms with Gasteiger partial charge < -0.3 is 10.2 Å². The van der Waals surface area contributed by atoms with Crippen LogP contribution in [0.2, 0.25) is 0 Å². The molecule has 0 unspecified atom stereocenters. The summed E-state index contributed by atoms with van der Waals surface area (Å²) in [7, 11) is 0. The second kappa shape index (κ2) is 8.01. The lowest BCUT2D eigenvalue weighted by molar-refractivity contribution is -0.121. The fraction of sp³-hybridized carbons (Fsp3) is 0.412. The Morgan fingerprint density at radius 3 is 2.58 bits per heavy atom. The normalized spacial score (nSPS) is 15.2. The largest absolute Gasteiger partial charge is 0.353 e. The van der Waals surface area contributed by atoms with Crippen molar-refractivity contribution in [3.8, 4) is 0 Å². The van der Waals surface area contributed by atoms with Crippen LogP contribution in [0.3, 0.4) is 0 Å². The molecular weight excluding hydrogens is 324 g/mol. The summed E-state index contributed by atoms with van der Waals surface area (Å²) in [5.41, 5.74) is 0. The fourth-order valence-electron chi connectivity index (χ4n) is 2.77. The van der Waals surface area contributed by atoms with Crippen LogP contribution in [0, 0.1) is 0 Å². The van der Waals surface area contributed by atoms with Crippen molar-refractivity contribution in [3.63, 3.8) is 0 Å². The van der Waals surface area contributed by atoms with Crippen molar-refractivity contribution >= 4 is 29.0 Å². The molecule has 1 amide bonds. The number of nitrogens with one attached hydrogen (secondary N) is 1. The van der Waals surface area contributed by atoms with E-state index in [0.717, 1.165) is 36.8 Å². The van der Waals surface area contributed by atoms with E-state index in [1.54, 1.807) is 24.5 Å². The first-order valence-corrected chi connectivity index (χ1v) is 8.98. The highest BCUT2D eigenvalue weighted by Gasteiger charge is 2.22. The first-order valence-electron chi connectivity index (χ1n) is 8.10. The highest BCUT2D eigenvalue weighted by molar-refractivity contribution is 7.12. The Kier molecular flexibility index (Phi) is 5.53. The Balaban J connectivity index is 1.39. The summed E-state index contributed by atoms with van der Waals surface area (Å²) in [6, 6.07) is 5.61. The number of aromatic nitrogens is 2. The number of amides is 1. The number of carbonyl (C=O) groups excluding carboxylic acids is 2. The van der Waals surface area contributed by atoms with Gasteiger partial charge >= 0.3 is 0 Å². The van der Waals surface area contributed by atoms with Crippen molar-refractivity contribution in [2.24, 2.45) is 0 Å². The molecule has 24 heavy (non-hydrogen) atoms. The van der Waals surface area contributed by atoms with Gasteiger partial charge in [-0.3, -0.25) is 9.59 Å². The van der Waals surface area contributed by atoms with Crippen LogP contribution in [0.25, 0.3) is 0 Å². The molecule has 1 N–H and O–H groups in total. The van der Waals surface area contributed by atoms with Crippen molar-refractivity contribution in [1.29, 1.82) is 0 Å². The molecule has 0 radical (unpaired) electrons. The van der Waals surface area contributed by atoms with E-state index in [1.807, 2.05) is 11.4 Å². The summed E-state index contributed by atoms with van der Waals surface area (Å²) in [6.07, 6.45) is 5.72. The van der Waals surface area contributed by atoms with Crippen LogP contribution in [-0.2, 0) is 4.79 Å². The summed E-state index contributed by atoms with van der Waals surface area (Å²) in [5.74, 6) is 0.731. The molecule has 0 aliphatic carbocycles. The zero-order valence-corrected chi connectivity index (χ0v) is 14.2. The second-order valence-electron chi connectivity index (χ2n) is 5.78. The Labute approximate surface area is 144 Å². The molecule has 1 aliphatic heterocycles. The van der Waals surface area contributed by atoms with Gasteiger partial charge in [0.15, 0.2) is 5.78 Å². The van der Waals surface area contributed by atoms with Gasteiger partial charge in [0.25, 0.3) is 0 Å². The summed E-state index contributed by atoms with van der Waals surface area (Å²) in [5, 5.41) is 4.91. The summed E-state index contributed by atoms with van der Waals surface area (Å²) in [6.45, 7) is 1.65. The van der Waals surface area contributed by atoms with E-state index in [1.165, 1.54) is 11.3 Å². The van der Waals surface area contributed by atoms with E-state index in [4.69, 9.17) is 0 Å². The first-order chi connectivity index (χ1) is 11.7. The van der Waals surface area contributed by atoms with Crippen LogP contribution in [0.1, 0.15) is 35.4 Å². The number of Topliss-reactive ketones (excluding diaryl/α,β-unsaturated/α-hetero) is 1. The Hall–Kier alpha value is -2.28. The molecule has 1 saturated heterocycles. The van der Waals surface area contributed by atoms with Crippen LogP contribution in [0.15, 0.2) is 36.0 Å². The number of ketones is 1. The van der Waals surface area contributed by atoms with Gasteiger partial charge in [-0.15, -0.1) is 11.3 Å². The SMILES string of the molecule is O=C(CCC(=O)c1cccs1)NC1CCN(c2ncccn2)CC1. The predicted octanol–water partition coefficient (Wildman–Crippen LogP) is 2.29. The third-order valence-corrected chi connectivity index (χ3v) is 4.98. The third kappa shape index (κ3) is 4.38. The van der Waals surface area contributed by atoms with Crippen LogP contribution in [0.4, 0.5) is 5.95 Å². The van der Waals surface area contributed by atoms with E-state index in [-0.39, 0.29) is 30.6 Å². The van der Waals surface area contributed by atoms with Crippen molar-refractivity contribution in [2.45, 2.75) is 31.7 Å². The van der Waals surface area contributed by atoms with Crippen molar-refractivity contribution in [3.05, 3.63) is 40.8 Å². The van der Waals surface area contributed by atoms with Gasteiger partial charge in [0, 0.05) is 44.4 Å². The number of rotatable bonds is 6. The predicted molar refractivity (Wildman–Crippen MR) is 93.3 cm³/mol. The molecule has 1 fully saturated rings. The Bertz CT molecular complexity index is 667. The molecular formula is C17H20N4O2S. The highest BCUT2D eigenvalue weighted by atomic mass is 32.1. The van der Waals surface area contributed by atoms with E-state index >= 15 is 0 Å². The number of hydrogen-bond acceptors (Lipinski definition) is 6. The van der Waals surface area contributed by atoms with Crippen LogP contribution in [0.5, 0.6) is 0 Å². The molecule has 0 aromatic carbocycles. The van der Waals surface area contributed by atoms with Gasteiger partial charge in [0.1, 0.15) is 0 Å². The third-order valence-electron chi connectivity index (χ3n) is 4.07. The number of thiophene rings is 1. The minimum Gasteiger partial charge on any atom is -0.353 e. The van der Waals surface area contributed by atoms with Crippen LogP contribution < -0.4 is 10.2 Å². The Morgan fingerprint density at radius 2 is 1.92 bits per heavy atom. The molecule has 2 aromatic heterocycles. The van der Waals surface area contributed by atoms with Crippen molar-refractivity contribution < 1.29 is 9.59 Å². The maximum atomic E-state index is 12.0. The lowest BCUT2D eigenvalue weighted by Crippen LogP contribution is -2.45. The van der Waals surface area contributed by atoms with Gasteiger partial charge in [-0.2, -0.15) is 0 Å². The minimum absolute atomic E-state index is 0.0381. The van der Waals surface area contributed by atoms with Crippen LogP contribution in [-0.4, -0.2) is 40.8 Å². The van der Waals surface area contributed by atoms with E-state index in [9.17, 15) is 9.59 Å². The average Bonchev–Trinajstić information content (AvgIpc) is 3.16. The molecule has 0 saturated carbocycles. The molecule has 0 atom stereocenters. The smallest absolute Gasteiger partial charge is 0.225 e. The van der Waals surface area contributed by atoms with Gasteiger partial charge in [0.2, 0.25) is 11.9 Å². The monoisotopic (exact) mass is 344 g/mol. The summed E-state index contributed by atoms with van der Waals surface area (Å²) >= 11 is 1.42. The molecule has 1 aliphatic rings. The summed E-state index contributed by atoms with van der Waals surface area (Å²) < 4.78 is 0. The number of carbonyl (C=O) groups is 2. The highest BCUT2D eigenvalue weighted by Crippen LogP contribution is 2.16. The molecule has 7 heteroatoms. The lowest BCUT2D eigenvalue weighted by atomic mass is 10.0. The van der Waals surface area contributed by atoms with E-state index < -0.39 is 0 Å². The molecule has 0 bridgehead atoms. The lowest BCUT2D eigenvalue weighted by Gasteiger charge is -2.32. The van der Waals surface area contributed by atoms with Crippen LogP contribution >= 0.6 is 11.3 Å². The molecule has 6 nitrogen and oxygen atoms in total. The van der Waals surface area contributed by atoms with Gasteiger partial charge in [0.05, 0.1) is 4.88 Å². The number of hydrogen-bond donors (Lipinski definition) is 1. The van der Waals surface area contributed by atoms with Gasteiger partial charge in [-0.25, -0.2) is 9.97 Å². The van der Waals surface area contributed by atoms with Crippen molar-refractivity contribution in [1.82, 2.24) is 15.3 Å². The minimum atomic E-state index is -0.0469. The van der Waals surface area contributed by atoms with Gasteiger partial charge in [-0.05, 0) is 30.4 Å². The topological polar surface area (TPSA) is 75.2 Å². The average molecular weight is 344 g/mol. The van der Waals surface area contributed by atoms with Gasteiger partial charge in [-0.1, -0.05) is 6.07 Å². The number of nitrogens with zero attached hydrogens (tertiary/aromatic N) is 3. The molecule has 2 aromatic rings. The van der Waals surface area contributed by atoms with E-state index in [0.29, 0.717) is 0 Å². The molecule has 3 heterocycles. The molecule has 126 valence electrons. The number of piperidine rings is 1. The quantitative estimate of drug-likeness (QED) is 0.814. The standard InChI is InChI=1S/C17H20N4O2S/c22-14(15-3-1-12-24-15)4-5-16(23)20-13-6-10-21(11-7-13)17-18-8-2-9-19-17/h1-3,8-9,12-13H,4-7,10-11H2,(H,20,23). The Morgan fingerprint density at radius 1 is 1.17 bits per heavy atom. The zero-order chi connectivity index (χ0) is 16.8. The molecule has 3 rings (SSSR count). The maximum absolute atomic E-state index is 12.0. The second-order valence-corrected chi connectivity index (χ2v) is 6.73. The molecule has 0 spiro atoms. The first kappa shape index (κ1) is 16.6. The fourth-order valence-corrected chi connectivity index (χ4v) is 3.46. The van der Waals surface area contributed by atoms with E-state index in [2.05, 4.69) is 20.2 Å². The summed E-state index contributed by atoms with van der Waals surface area (Å²) in [4.78, 5) is 35.3. The van der Waals surface area contributed by atoms with Crippen molar-refractivity contribution in [2.75, 3.05) is 18.0 Å². The zero-order valence-electron chi connectivity index (χ0n) is 13.4.